The Morgan fingerprint density at radius 3 is 2.24 bits per heavy atom. The standard InChI is InChI=1S/C22H16Cl3F3N2O3S/c1-13-5-8-15(9-6-13)34(32,33)30(19-4-2-3-18(24)21(19)25)12-20(31)29-14-7-10-17(23)16(11-14)22(26,27)28/h2-11H,12H2,1H3,(H,29,31). The maximum atomic E-state index is 13.4. The Morgan fingerprint density at radius 2 is 1.62 bits per heavy atom. The van der Waals surface area contributed by atoms with E-state index < -0.39 is 39.2 Å². The quantitative estimate of drug-likeness (QED) is 0.366. The number of anilines is 2. The number of carbonyl (C=O) groups is 1. The van der Waals surface area contributed by atoms with Crippen molar-refractivity contribution in [2.45, 2.75) is 18.0 Å². The fraction of sp³-hybridized carbons (Fsp3) is 0.136. The van der Waals surface area contributed by atoms with E-state index >= 15 is 0 Å². The molecule has 0 aromatic heterocycles. The topological polar surface area (TPSA) is 66.5 Å². The van der Waals surface area contributed by atoms with Gasteiger partial charge in [0.1, 0.15) is 6.54 Å². The van der Waals surface area contributed by atoms with Crippen LogP contribution in [-0.2, 0) is 21.0 Å². The third-order valence-corrected chi connectivity index (χ3v) is 7.56. The van der Waals surface area contributed by atoms with Crippen molar-refractivity contribution in [3.63, 3.8) is 0 Å². The first kappa shape index (κ1) is 26.2. The summed E-state index contributed by atoms with van der Waals surface area (Å²) in [6, 6.07) is 12.9. The molecule has 34 heavy (non-hydrogen) atoms. The molecule has 0 spiro atoms. The fourth-order valence-electron chi connectivity index (χ4n) is 2.97. The number of rotatable bonds is 6. The van der Waals surface area contributed by atoms with Crippen LogP contribution in [0, 0.1) is 6.92 Å². The number of nitrogens with zero attached hydrogens (tertiary/aromatic N) is 1. The van der Waals surface area contributed by atoms with Crippen LogP contribution in [-0.4, -0.2) is 20.9 Å². The van der Waals surface area contributed by atoms with Crippen LogP contribution >= 0.6 is 34.8 Å². The van der Waals surface area contributed by atoms with Crippen molar-refractivity contribution in [3.05, 3.63) is 86.9 Å². The lowest BCUT2D eigenvalue weighted by atomic mass is 10.2. The number of amides is 1. The van der Waals surface area contributed by atoms with Crippen LogP contribution in [0.25, 0.3) is 0 Å². The van der Waals surface area contributed by atoms with E-state index in [2.05, 4.69) is 5.32 Å². The Hall–Kier alpha value is -2.46. The van der Waals surface area contributed by atoms with Gasteiger partial charge in [-0.15, -0.1) is 0 Å². The highest BCUT2D eigenvalue weighted by Crippen LogP contribution is 2.37. The second-order valence-corrected chi connectivity index (χ2v) is 10.2. The lowest BCUT2D eigenvalue weighted by Gasteiger charge is -2.25. The van der Waals surface area contributed by atoms with Crippen molar-refractivity contribution in [1.82, 2.24) is 0 Å². The van der Waals surface area contributed by atoms with Gasteiger partial charge in [-0.1, -0.05) is 58.6 Å². The van der Waals surface area contributed by atoms with Gasteiger partial charge in [0.15, 0.2) is 0 Å². The summed E-state index contributed by atoms with van der Waals surface area (Å²) < 4.78 is 67.0. The van der Waals surface area contributed by atoms with Crippen molar-refractivity contribution in [2.75, 3.05) is 16.2 Å². The van der Waals surface area contributed by atoms with Crippen molar-refractivity contribution in [3.8, 4) is 0 Å². The molecule has 0 aliphatic carbocycles. The zero-order valence-electron chi connectivity index (χ0n) is 17.3. The van der Waals surface area contributed by atoms with Crippen LogP contribution in [0.2, 0.25) is 15.1 Å². The maximum absolute atomic E-state index is 13.4. The summed E-state index contributed by atoms with van der Waals surface area (Å²) in [4.78, 5) is 12.6. The molecule has 0 radical (unpaired) electrons. The van der Waals surface area contributed by atoms with E-state index in [9.17, 15) is 26.4 Å². The monoisotopic (exact) mass is 550 g/mol. The number of sulfonamides is 1. The summed E-state index contributed by atoms with van der Waals surface area (Å²) in [5.74, 6) is -0.915. The summed E-state index contributed by atoms with van der Waals surface area (Å²) in [5.41, 5.74) is -0.621. The molecule has 3 rings (SSSR count). The number of aryl methyl sites for hydroxylation is 1. The first-order valence-electron chi connectivity index (χ1n) is 9.50. The number of hydrogen-bond acceptors (Lipinski definition) is 3. The van der Waals surface area contributed by atoms with Gasteiger partial charge in [0.2, 0.25) is 5.91 Å². The maximum Gasteiger partial charge on any atom is 0.417 e. The van der Waals surface area contributed by atoms with Gasteiger partial charge < -0.3 is 5.32 Å². The van der Waals surface area contributed by atoms with Crippen molar-refractivity contribution in [2.24, 2.45) is 0 Å². The number of alkyl halides is 3. The Morgan fingerprint density at radius 1 is 0.971 bits per heavy atom. The molecule has 0 aliphatic rings. The van der Waals surface area contributed by atoms with Gasteiger partial charge in [-0.05, 0) is 49.4 Å². The number of benzene rings is 3. The third-order valence-electron chi connectivity index (χ3n) is 4.65. The Bertz CT molecular complexity index is 1330. The van der Waals surface area contributed by atoms with Gasteiger partial charge in [-0.25, -0.2) is 8.42 Å². The van der Waals surface area contributed by atoms with Crippen molar-refractivity contribution < 1.29 is 26.4 Å². The highest BCUT2D eigenvalue weighted by atomic mass is 35.5. The lowest BCUT2D eigenvalue weighted by Crippen LogP contribution is -2.38. The molecule has 0 saturated carbocycles. The molecule has 5 nitrogen and oxygen atoms in total. The van der Waals surface area contributed by atoms with Crippen molar-refractivity contribution in [1.29, 1.82) is 0 Å². The molecule has 3 aromatic carbocycles. The molecule has 0 atom stereocenters. The molecule has 1 N–H and O–H groups in total. The third kappa shape index (κ3) is 5.78. The number of carbonyl (C=O) groups excluding carboxylic acids is 1. The Labute approximate surface area is 209 Å². The largest absolute Gasteiger partial charge is 0.417 e. The van der Waals surface area contributed by atoms with Crippen molar-refractivity contribution >= 4 is 62.1 Å². The van der Waals surface area contributed by atoms with Crippen LogP contribution in [0.3, 0.4) is 0 Å². The number of hydrogen-bond donors (Lipinski definition) is 1. The van der Waals surface area contributed by atoms with E-state index in [0.717, 1.165) is 15.9 Å². The van der Waals surface area contributed by atoms with Gasteiger partial charge in [-0.3, -0.25) is 9.10 Å². The lowest BCUT2D eigenvalue weighted by molar-refractivity contribution is -0.137. The number of nitrogens with one attached hydrogen (secondary N) is 1. The SMILES string of the molecule is Cc1ccc(S(=O)(=O)N(CC(=O)Nc2ccc(Cl)c(C(F)(F)F)c2)c2cccc(Cl)c2Cl)cc1. The fourth-order valence-corrected chi connectivity index (χ4v) is 5.08. The van der Waals surface area contributed by atoms with Gasteiger partial charge in [0.05, 0.1) is 31.2 Å². The van der Waals surface area contributed by atoms with Gasteiger partial charge in [0, 0.05) is 5.69 Å². The van der Waals surface area contributed by atoms with Gasteiger partial charge in [-0.2, -0.15) is 13.2 Å². The van der Waals surface area contributed by atoms with Crippen LogP contribution in [0.15, 0.2) is 65.6 Å². The zero-order chi connectivity index (χ0) is 25.3. The first-order valence-corrected chi connectivity index (χ1v) is 12.1. The second kappa shape index (κ2) is 10.0. The minimum Gasteiger partial charge on any atom is -0.324 e. The smallest absolute Gasteiger partial charge is 0.324 e. The van der Waals surface area contributed by atoms with E-state index in [1.54, 1.807) is 19.1 Å². The van der Waals surface area contributed by atoms with E-state index in [1.807, 2.05) is 0 Å². The highest BCUT2D eigenvalue weighted by molar-refractivity contribution is 7.92. The van der Waals surface area contributed by atoms with E-state index in [-0.39, 0.29) is 26.3 Å². The van der Waals surface area contributed by atoms with E-state index in [0.29, 0.717) is 6.07 Å². The molecule has 0 unspecified atom stereocenters. The molecule has 0 bridgehead atoms. The number of halogens is 6. The summed E-state index contributed by atoms with van der Waals surface area (Å²) in [6.07, 6.45) is -4.74. The predicted molar refractivity (Wildman–Crippen MR) is 127 cm³/mol. The summed E-state index contributed by atoms with van der Waals surface area (Å²) in [6.45, 7) is 0.983. The molecule has 12 heteroatoms. The average molecular weight is 552 g/mol. The molecule has 180 valence electrons. The molecule has 3 aromatic rings. The van der Waals surface area contributed by atoms with Crippen LogP contribution in [0.5, 0.6) is 0 Å². The van der Waals surface area contributed by atoms with E-state index in [1.165, 1.54) is 36.4 Å². The summed E-state index contributed by atoms with van der Waals surface area (Å²) in [5, 5.41) is 1.67. The molecule has 1 amide bonds. The minimum atomic E-state index is -4.74. The molecule has 0 saturated heterocycles. The second-order valence-electron chi connectivity index (χ2n) is 7.14. The summed E-state index contributed by atoms with van der Waals surface area (Å²) >= 11 is 17.9. The zero-order valence-corrected chi connectivity index (χ0v) is 20.4. The van der Waals surface area contributed by atoms with Gasteiger partial charge >= 0.3 is 6.18 Å². The van der Waals surface area contributed by atoms with E-state index in [4.69, 9.17) is 34.8 Å². The minimum absolute atomic E-state index is 0.0520. The molecule has 0 aliphatic heterocycles. The summed E-state index contributed by atoms with van der Waals surface area (Å²) in [7, 11) is -4.31. The van der Waals surface area contributed by atoms with Crippen LogP contribution < -0.4 is 9.62 Å². The molecule has 0 fully saturated rings. The molecule has 0 heterocycles. The van der Waals surface area contributed by atoms with Gasteiger partial charge in [0.25, 0.3) is 10.0 Å². The first-order chi connectivity index (χ1) is 15.8. The highest BCUT2D eigenvalue weighted by Gasteiger charge is 2.34. The average Bonchev–Trinajstić information content (AvgIpc) is 2.75. The van der Waals surface area contributed by atoms with Crippen LogP contribution in [0.1, 0.15) is 11.1 Å². The predicted octanol–water partition coefficient (Wildman–Crippen LogP) is 6.81. The Kier molecular flexibility index (Phi) is 7.72. The Balaban J connectivity index is 1.99. The molecular formula is C22H16Cl3F3N2O3S. The molecular weight excluding hydrogens is 536 g/mol. The normalized spacial score (nSPS) is 11.9. The van der Waals surface area contributed by atoms with Crippen LogP contribution in [0.4, 0.5) is 24.5 Å².